The Hall–Kier alpha value is -1.97. The lowest BCUT2D eigenvalue weighted by Gasteiger charge is -2.48. The highest BCUT2D eigenvalue weighted by Gasteiger charge is 2.39. The van der Waals surface area contributed by atoms with Crippen LogP contribution in [0.1, 0.15) is 73.7 Å². The van der Waals surface area contributed by atoms with Crippen LogP contribution in [-0.2, 0) is 19.1 Å². The van der Waals surface area contributed by atoms with Crippen LogP contribution < -0.4 is 10.6 Å². The second-order valence-corrected chi connectivity index (χ2v) is 11.7. The lowest BCUT2D eigenvalue weighted by molar-refractivity contribution is -0.125. The van der Waals surface area contributed by atoms with E-state index in [0.717, 1.165) is 62.4 Å². The van der Waals surface area contributed by atoms with Gasteiger partial charge in [-0.15, -0.1) is 11.3 Å². The van der Waals surface area contributed by atoms with E-state index in [2.05, 4.69) is 15.5 Å². The largest absolute Gasteiger partial charge is 0.452 e. The fourth-order valence-corrected chi connectivity index (χ4v) is 5.66. The summed E-state index contributed by atoms with van der Waals surface area (Å²) in [5, 5.41) is 6.34. The van der Waals surface area contributed by atoms with Crippen molar-refractivity contribution in [3.63, 3.8) is 0 Å². The molecule has 2 aliphatic rings. The van der Waals surface area contributed by atoms with Crippen LogP contribution in [-0.4, -0.2) is 67.7 Å². The van der Waals surface area contributed by atoms with Gasteiger partial charge in [0.25, 0.3) is 5.91 Å². The number of hydrogen-bond donors (Lipinski definition) is 2. The summed E-state index contributed by atoms with van der Waals surface area (Å²) < 4.78 is 10.9. The Balaban J connectivity index is 1.59. The molecule has 3 rings (SSSR count). The summed E-state index contributed by atoms with van der Waals surface area (Å²) in [6.45, 7) is 12.6. The van der Waals surface area contributed by atoms with Crippen molar-refractivity contribution in [2.24, 2.45) is 5.41 Å². The highest BCUT2D eigenvalue weighted by atomic mass is 32.1. The highest BCUT2D eigenvalue weighted by molar-refractivity contribution is 7.16. The topological polar surface area (TPSA) is 97.0 Å². The standard InChI is InChI=1S/C25H39N3O5S/c1-17-18(2)34-21(27-23(31)24(3,4)5)20(17)22(30)33-15-19(29)26-16-25(9-7-6-8-10-25)28-11-13-32-14-12-28/h6-16H2,1-5H3,(H,26,29)(H,27,31). The zero-order chi connectivity index (χ0) is 24.9. The lowest BCUT2D eigenvalue weighted by Crippen LogP contribution is -2.59. The first-order chi connectivity index (χ1) is 16.0. The molecule has 9 heteroatoms. The predicted molar refractivity (Wildman–Crippen MR) is 133 cm³/mol. The molecule has 2 amide bonds. The Morgan fingerprint density at radius 2 is 1.74 bits per heavy atom. The van der Waals surface area contributed by atoms with Crippen molar-refractivity contribution in [1.82, 2.24) is 10.2 Å². The van der Waals surface area contributed by atoms with Crippen LogP contribution in [0.4, 0.5) is 5.00 Å². The van der Waals surface area contributed by atoms with Crippen molar-refractivity contribution in [1.29, 1.82) is 0 Å². The van der Waals surface area contributed by atoms with E-state index >= 15 is 0 Å². The van der Waals surface area contributed by atoms with Gasteiger partial charge in [0.05, 0.1) is 18.8 Å². The number of anilines is 1. The predicted octanol–water partition coefficient (Wildman–Crippen LogP) is 3.66. The molecule has 2 heterocycles. The van der Waals surface area contributed by atoms with Gasteiger partial charge in [0, 0.05) is 35.5 Å². The van der Waals surface area contributed by atoms with Gasteiger partial charge < -0.3 is 20.1 Å². The monoisotopic (exact) mass is 493 g/mol. The molecule has 1 saturated carbocycles. The highest BCUT2D eigenvalue weighted by Crippen LogP contribution is 2.35. The zero-order valence-electron chi connectivity index (χ0n) is 21.2. The summed E-state index contributed by atoms with van der Waals surface area (Å²) >= 11 is 1.34. The quantitative estimate of drug-likeness (QED) is 0.563. The normalized spacial score (nSPS) is 18.9. The number of amides is 2. The summed E-state index contributed by atoms with van der Waals surface area (Å²) in [6.07, 6.45) is 5.64. The average Bonchev–Trinajstić information content (AvgIpc) is 3.09. The van der Waals surface area contributed by atoms with Gasteiger partial charge in [-0.2, -0.15) is 0 Å². The molecule has 8 nitrogen and oxygen atoms in total. The van der Waals surface area contributed by atoms with Gasteiger partial charge >= 0.3 is 5.97 Å². The molecule has 0 bridgehead atoms. The third-order valence-corrected chi connectivity index (χ3v) is 8.04. The van der Waals surface area contributed by atoms with Crippen molar-refractivity contribution in [3.05, 3.63) is 16.0 Å². The summed E-state index contributed by atoms with van der Waals surface area (Å²) in [5.41, 5.74) is 0.438. The molecule has 190 valence electrons. The molecule has 0 unspecified atom stereocenters. The Morgan fingerprint density at radius 3 is 2.35 bits per heavy atom. The smallest absolute Gasteiger partial charge is 0.341 e. The Morgan fingerprint density at radius 1 is 1.09 bits per heavy atom. The molecule has 1 aliphatic heterocycles. The first-order valence-electron chi connectivity index (χ1n) is 12.2. The number of rotatable bonds is 7. The van der Waals surface area contributed by atoms with Gasteiger partial charge in [0.15, 0.2) is 6.61 Å². The van der Waals surface area contributed by atoms with Gasteiger partial charge in [0.1, 0.15) is 5.00 Å². The number of carbonyl (C=O) groups is 3. The van der Waals surface area contributed by atoms with Gasteiger partial charge in [-0.3, -0.25) is 14.5 Å². The van der Waals surface area contributed by atoms with E-state index in [-0.39, 0.29) is 24.0 Å². The molecule has 1 saturated heterocycles. The minimum atomic E-state index is -0.596. The van der Waals surface area contributed by atoms with Crippen LogP contribution >= 0.6 is 11.3 Å². The van der Waals surface area contributed by atoms with Gasteiger partial charge in [-0.1, -0.05) is 40.0 Å². The number of nitrogens with one attached hydrogen (secondary N) is 2. The number of morpholine rings is 1. The van der Waals surface area contributed by atoms with E-state index in [1.165, 1.54) is 17.8 Å². The minimum Gasteiger partial charge on any atom is -0.452 e. The van der Waals surface area contributed by atoms with Crippen LogP contribution in [0.25, 0.3) is 0 Å². The molecular weight excluding hydrogens is 454 g/mol. The van der Waals surface area contributed by atoms with Gasteiger partial charge in [-0.05, 0) is 32.3 Å². The van der Waals surface area contributed by atoms with E-state index in [1.807, 2.05) is 34.6 Å². The Bertz CT molecular complexity index is 893. The molecule has 0 atom stereocenters. The molecule has 0 spiro atoms. The van der Waals surface area contributed by atoms with Crippen LogP contribution in [0, 0.1) is 19.3 Å². The number of ether oxygens (including phenoxy) is 2. The molecule has 0 radical (unpaired) electrons. The van der Waals surface area contributed by atoms with Crippen molar-refractivity contribution in [2.75, 3.05) is 44.8 Å². The zero-order valence-corrected chi connectivity index (χ0v) is 22.0. The lowest BCUT2D eigenvalue weighted by atomic mass is 9.79. The first-order valence-corrected chi connectivity index (χ1v) is 13.0. The van der Waals surface area contributed by atoms with Crippen molar-refractivity contribution in [2.45, 2.75) is 72.3 Å². The second kappa shape index (κ2) is 11.2. The summed E-state index contributed by atoms with van der Waals surface area (Å²) in [6, 6.07) is 0. The molecule has 1 aliphatic carbocycles. The second-order valence-electron chi connectivity index (χ2n) is 10.4. The average molecular weight is 494 g/mol. The maximum atomic E-state index is 12.9. The number of carbonyl (C=O) groups excluding carboxylic acids is 3. The third kappa shape index (κ3) is 6.37. The molecule has 0 aromatic carbocycles. The Labute approximate surface area is 206 Å². The maximum Gasteiger partial charge on any atom is 0.341 e. The van der Waals surface area contributed by atoms with E-state index in [0.29, 0.717) is 17.1 Å². The molecule has 2 fully saturated rings. The maximum absolute atomic E-state index is 12.9. The number of thiophene rings is 1. The van der Waals surface area contributed by atoms with Crippen LogP contribution in [0.2, 0.25) is 0 Å². The van der Waals surface area contributed by atoms with E-state index in [1.54, 1.807) is 0 Å². The fraction of sp³-hybridized carbons (Fsp3) is 0.720. The van der Waals surface area contributed by atoms with Crippen LogP contribution in [0.5, 0.6) is 0 Å². The SMILES string of the molecule is Cc1sc(NC(=O)C(C)(C)C)c(C(=O)OCC(=O)NCC2(N3CCOCC3)CCCCC2)c1C. The van der Waals surface area contributed by atoms with E-state index < -0.39 is 11.4 Å². The summed E-state index contributed by atoms with van der Waals surface area (Å²) in [7, 11) is 0. The third-order valence-electron chi connectivity index (χ3n) is 6.91. The number of esters is 1. The van der Waals surface area contributed by atoms with E-state index in [4.69, 9.17) is 9.47 Å². The van der Waals surface area contributed by atoms with Crippen molar-refractivity contribution >= 4 is 34.1 Å². The van der Waals surface area contributed by atoms with Gasteiger partial charge in [-0.25, -0.2) is 4.79 Å². The molecule has 34 heavy (non-hydrogen) atoms. The van der Waals surface area contributed by atoms with Crippen LogP contribution in [0.15, 0.2) is 0 Å². The number of nitrogens with zero attached hydrogens (tertiary/aromatic N) is 1. The minimum absolute atomic E-state index is 0.0484. The van der Waals surface area contributed by atoms with Crippen molar-refractivity contribution < 1.29 is 23.9 Å². The summed E-state index contributed by atoms with van der Waals surface area (Å²) in [5.74, 6) is -1.08. The molecule has 1 aromatic rings. The summed E-state index contributed by atoms with van der Waals surface area (Å²) in [4.78, 5) is 41.4. The van der Waals surface area contributed by atoms with Crippen LogP contribution in [0.3, 0.4) is 0 Å². The van der Waals surface area contributed by atoms with Crippen molar-refractivity contribution in [3.8, 4) is 0 Å². The van der Waals surface area contributed by atoms with Gasteiger partial charge in [0.2, 0.25) is 5.91 Å². The first kappa shape index (κ1) is 26.6. The molecule has 1 aromatic heterocycles. The van der Waals surface area contributed by atoms with E-state index in [9.17, 15) is 14.4 Å². The molecular formula is C25H39N3O5S. The molecule has 2 N–H and O–H groups in total. The number of hydrogen-bond acceptors (Lipinski definition) is 7. The number of aryl methyl sites for hydroxylation is 1. The Kier molecular flexibility index (Phi) is 8.76. The fourth-order valence-electron chi connectivity index (χ4n) is 4.62.